The van der Waals surface area contributed by atoms with Crippen LogP contribution in [0.5, 0.6) is 0 Å². The van der Waals surface area contributed by atoms with E-state index >= 15 is 0 Å². The molecule has 104 valence electrons. The van der Waals surface area contributed by atoms with Crippen molar-refractivity contribution >= 4 is 5.91 Å². The van der Waals surface area contributed by atoms with Crippen molar-refractivity contribution in [3.05, 3.63) is 0 Å². The fourth-order valence-electron chi connectivity index (χ4n) is 3.64. The number of hydrogen-bond donors (Lipinski definition) is 1. The third-order valence-corrected chi connectivity index (χ3v) is 5.05. The van der Waals surface area contributed by atoms with Crippen molar-refractivity contribution in [3.63, 3.8) is 0 Å². The summed E-state index contributed by atoms with van der Waals surface area (Å²) in [5.74, 6) is 2.06. The Morgan fingerprint density at radius 3 is 2.44 bits per heavy atom. The van der Waals surface area contributed by atoms with E-state index in [4.69, 9.17) is 0 Å². The van der Waals surface area contributed by atoms with Crippen LogP contribution in [0.3, 0.4) is 0 Å². The van der Waals surface area contributed by atoms with E-state index in [1.54, 1.807) is 0 Å². The van der Waals surface area contributed by atoms with Crippen LogP contribution in [0.1, 0.15) is 53.9 Å². The number of nitrogens with one attached hydrogen (secondary N) is 1. The zero-order valence-electron chi connectivity index (χ0n) is 12.4. The van der Waals surface area contributed by atoms with Crippen molar-refractivity contribution in [2.24, 2.45) is 17.8 Å². The second-order valence-corrected chi connectivity index (χ2v) is 6.64. The van der Waals surface area contributed by atoms with E-state index in [1.165, 1.54) is 19.3 Å². The molecule has 0 aromatic carbocycles. The maximum absolute atomic E-state index is 12.6. The van der Waals surface area contributed by atoms with Crippen LogP contribution >= 0.6 is 0 Å². The van der Waals surface area contributed by atoms with Crippen LogP contribution in [-0.4, -0.2) is 29.1 Å². The van der Waals surface area contributed by atoms with Crippen LogP contribution in [0.2, 0.25) is 0 Å². The predicted octanol–water partition coefficient (Wildman–Crippen LogP) is 2.61. The number of amides is 1. The third kappa shape index (κ3) is 2.29. The van der Waals surface area contributed by atoms with Crippen molar-refractivity contribution in [3.8, 4) is 0 Å². The molecule has 2 fully saturated rings. The molecule has 3 heteroatoms. The summed E-state index contributed by atoms with van der Waals surface area (Å²) in [7, 11) is 0. The molecule has 0 bridgehead atoms. The highest BCUT2D eigenvalue weighted by Gasteiger charge is 2.44. The van der Waals surface area contributed by atoms with Gasteiger partial charge in [-0.1, -0.05) is 40.5 Å². The van der Waals surface area contributed by atoms with Crippen LogP contribution in [0.15, 0.2) is 0 Å². The Morgan fingerprint density at radius 2 is 1.89 bits per heavy atom. The SMILES string of the molecule is CC(C)C1NC(C)N(C2CCCC(C)C2C)C1=O. The van der Waals surface area contributed by atoms with Crippen LogP contribution in [-0.2, 0) is 4.79 Å². The molecule has 1 saturated carbocycles. The van der Waals surface area contributed by atoms with Crippen molar-refractivity contribution in [2.75, 3.05) is 0 Å². The normalized spacial score (nSPS) is 41.8. The molecule has 1 heterocycles. The molecular formula is C15H28N2O. The summed E-state index contributed by atoms with van der Waals surface area (Å²) in [6.07, 6.45) is 3.95. The van der Waals surface area contributed by atoms with Crippen molar-refractivity contribution in [1.82, 2.24) is 10.2 Å². The second-order valence-electron chi connectivity index (χ2n) is 6.64. The zero-order valence-corrected chi connectivity index (χ0v) is 12.4. The lowest BCUT2D eigenvalue weighted by Gasteiger charge is -2.41. The maximum Gasteiger partial charge on any atom is 0.241 e. The zero-order chi connectivity index (χ0) is 13.4. The highest BCUT2D eigenvalue weighted by atomic mass is 16.2. The molecule has 2 aliphatic rings. The summed E-state index contributed by atoms with van der Waals surface area (Å²) in [5.41, 5.74) is 0. The average Bonchev–Trinajstić information content (AvgIpc) is 2.59. The van der Waals surface area contributed by atoms with E-state index in [1.807, 2.05) is 0 Å². The van der Waals surface area contributed by atoms with Gasteiger partial charge in [-0.25, -0.2) is 0 Å². The topological polar surface area (TPSA) is 32.3 Å². The molecule has 1 aliphatic carbocycles. The van der Waals surface area contributed by atoms with Crippen LogP contribution in [0, 0.1) is 17.8 Å². The first-order chi connectivity index (χ1) is 8.43. The Hall–Kier alpha value is -0.570. The Balaban J connectivity index is 2.15. The lowest BCUT2D eigenvalue weighted by Crippen LogP contribution is -2.49. The summed E-state index contributed by atoms with van der Waals surface area (Å²) >= 11 is 0. The molecule has 0 spiro atoms. The highest BCUT2D eigenvalue weighted by Crippen LogP contribution is 2.35. The van der Waals surface area contributed by atoms with Gasteiger partial charge < -0.3 is 4.90 Å². The minimum Gasteiger partial charge on any atom is -0.323 e. The first kappa shape index (κ1) is 13.9. The summed E-state index contributed by atoms with van der Waals surface area (Å²) in [5, 5.41) is 3.46. The van der Waals surface area contributed by atoms with Gasteiger partial charge in [-0.3, -0.25) is 10.1 Å². The fourth-order valence-corrected chi connectivity index (χ4v) is 3.64. The predicted molar refractivity (Wildman–Crippen MR) is 74.0 cm³/mol. The maximum atomic E-state index is 12.6. The first-order valence-electron chi connectivity index (χ1n) is 7.51. The van der Waals surface area contributed by atoms with E-state index < -0.39 is 0 Å². The van der Waals surface area contributed by atoms with Gasteiger partial charge in [0.2, 0.25) is 5.91 Å². The molecule has 0 aromatic heterocycles. The van der Waals surface area contributed by atoms with E-state index in [-0.39, 0.29) is 12.2 Å². The van der Waals surface area contributed by atoms with Gasteiger partial charge in [-0.15, -0.1) is 0 Å². The van der Waals surface area contributed by atoms with Crippen LogP contribution in [0.25, 0.3) is 0 Å². The highest BCUT2D eigenvalue weighted by molar-refractivity contribution is 5.84. The number of carbonyl (C=O) groups is 1. The average molecular weight is 252 g/mol. The fraction of sp³-hybridized carbons (Fsp3) is 0.933. The molecule has 1 saturated heterocycles. The van der Waals surface area contributed by atoms with Gasteiger partial charge in [-0.2, -0.15) is 0 Å². The minimum absolute atomic E-state index is 0.0180. The molecule has 5 unspecified atom stereocenters. The molecule has 5 atom stereocenters. The Morgan fingerprint density at radius 1 is 1.22 bits per heavy atom. The first-order valence-corrected chi connectivity index (χ1v) is 7.51. The standard InChI is InChI=1S/C15H28N2O/c1-9(2)14-15(18)17(12(5)16-14)13-8-6-7-10(3)11(13)4/h9-14,16H,6-8H2,1-5H3. The summed E-state index contributed by atoms with van der Waals surface area (Å²) in [6.45, 7) is 11.0. The number of carbonyl (C=O) groups excluding carboxylic acids is 1. The largest absolute Gasteiger partial charge is 0.323 e. The smallest absolute Gasteiger partial charge is 0.241 e. The van der Waals surface area contributed by atoms with E-state index in [2.05, 4.69) is 44.8 Å². The molecule has 1 aliphatic heterocycles. The van der Waals surface area contributed by atoms with Gasteiger partial charge in [0.1, 0.15) is 0 Å². The molecule has 18 heavy (non-hydrogen) atoms. The number of nitrogens with zero attached hydrogens (tertiary/aromatic N) is 1. The quantitative estimate of drug-likeness (QED) is 0.819. The molecule has 1 amide bonds. The molecule has 2 rings (SSSR count). The Kier molecular flexibility index (Phi) is 4.00. The van der Waals surface area contributed by atoms with Gasteiger partial charge in [-0.05, 0) is 31.1 Å². The second kappa shape index (κ2) is 5.20. The van der Waals surface area contributed by atoms with Gasteiger partial charge in [0, 0.05) is 6.04 Å². The van der Waals surface area contributed by atoms with Crippen molar-refractivity contribution in [1.29, 1.82) is 0 Å². The van der Waals surface area contributed by atoms with Gasteiger partial charge in [0.25, 0.3) is 0 Å². The van der Waals surface area contributed by atoms with Gasteiger partial charge in [0.05, 0.1) is 12.2 Å². The molecule has 0 radical (unpaired) electrons. The number of rotatable bonds is 2. The monoisotopic (exact) mass is 252 g/mol. The summed E-state index contributed by atoms with van der Waals surface area (Å²) in [4.78, 5) is 14.7. The minimum atomic E-state index is 0.0180. The van der Waals surface area contributed by atoms with Gasteiger partial charge in [0.15, 0.2) is 0 Å². The Labute approximate surface area is 111 Å². The van der Waals surface area contributed by atoms with Crippen molar-refractivity contribution in [2.45, 2.75) is 72.1 Å². The molecule has 1 N–H and O–H groups in total. The third-order valence-electron chi connectivity index (χ3n) is 5.05. The molecule has 3 nitrogen and oxygen atoms in total. The van der Waals surface area contributed by atoms with Crippen LogP contribution < -0.4 is 5.32 Å². The number of hydrogen-bond acceptors (Lipinski definition) is 2. The lowest BCUT2D eigenvalue weighted by molar-refractivity contribution is -0.135. The Bertz CT molecular complexity index is 316. The van der Waals surface area contributed by atoms with E-state index in [0.717, 1.165) is 5.92 Å². The molecular weight excluding hydrogens is 224 g/mol. The van der Waals surface area contributed by atoms with E-state index in [0.29, 0.717) is 23.8 Å². The summed E-state index contributed by atoms with van der Waals surface area (Å²) in [6, 6.07) is 0.455. The van der Waals surface area contributed by atoms with Crippen molar-refractivity contribution < 1.29 is 4.79 Å². The van der Waals surface area contributed by atoms with Gasteiger partial charge >= 0.3 is 0 Å². The molecule has 0 aromatic rings. The lowest BCUT2D eigenvalue weighted by atomic mass is 9.77. The summed E-state index contributed by atoms with van der Waals surface area (Å²) < 4.78 is 0. The van der Waals surface area contributed by atoms with Crippen LogP contribution in [0.4, 0.5) is 0 Å². The van der Waals surface area contributed by atoms with E-state index in [9.17, 15) is 4.79 Å².